The molecular formula is C22H28N2O3. The third kappa shape index (κ3) is 3.13. The van der Waals surface area contributed by atoms with Crippen molar-refractivity contribution in [1.29, 1.82) is 0 Å². The van der Waals surface area contributed by atoms with Crippen LogP contribution in [0.15, 0.2) is 17.7 Å². The van der Waals surface area contributed by atoms with Crippen LogP contribution in [0.2, 0.25) is 0 Å². The molecule has 1 aromatic rings. The largest absolute Gasteiger partial charge is 0.444 e. The van der Waals surface area contributed by atoms with E-state index in [1.165, 1.54) is 11.1 Å². The monoisotopic (exact) mass is 368 g/mol. The van der Waals surface area contributed by atoms with E-state index in [1.807, 2.05) is 40.8 Å². The summed E-state index contributed by atoms with van der Waals surface area (Å²) in [5.74, 6) is 0.125. The lowest BCUT2D eigenvalue weighted by molar-refractivity contribution is -0.0498. The molecule has 5 nitrogen and oxygen atoms in total. The molecule has 0 unspecified atom stereocenters. The Morgan fingerprint density at radius 2 is 1.89 bits per heavy atom. The van der Waals surface area contributed by atoms with Gasteiger partial charge in [-0.3, -0.25) is 4.79 Å². The number of hydrogen-bond donors (Lipinski definition) is 0. The van der Waals surface area contributed by atoms with Gasteiger partial charge >= 0.3 is 6.09 Å². The first kappa shape index (κ1) is 18.1. The fourth-order valence-corrected chi connectivity index (χ4v) is 4.56. The number of carbonyl (C=O) groups excluding carboxylic acids is 2. The number of fused-ring (bicyclic) bond motifs is 1. The van der Waals surface area contributed by atoms with Gasteiger partial charge in [0.05, 0.1) is 0 Å². The topological polar surface area (TPSA) is 49.9 Å². The van der Waals surface area contributed by atoms with E-state index in [2.05, 4.69) is 12.1 Å². The quantitative estimate of drug-likeness (QED) is 0.753. The van der Waals surface area contributed by atoms with E-state index in [4.69, 9.17) is 4.74 Å². The Hall–Kier alpha value is -2.30. The number of amides is 2. The zero-order valence-corrected chi connectivity index (χ0v) is 16.9. The zero-order chi connectivity index (χ0) is 19.6. The standard InChI is InChI=1S/C22H28N2O3/c1-14-6-7-16(17-11-23(5)19(25)18(14)17)8-15-9-22(10-15)12-24(13-22)20(26)27-21(2,3)4/h6-8H,9-13H2,1-5H3. The smallest absolute Gasteiger partial charge is 0.410 e. The summed E-state index contributed by atoms with van der Waals surface area (Å²) in [5, 5.41) is 0. The molecule has 2 aliphatic heterocycles. The van der Waals surface area contributed by atoms with Crippen molar-refractivity contribution in [2.24, 2.45) is 5.41 Å². The van der Waals surface area contributed by atoms with Crippen LogP contribution >= 0.6 is 0 Å². The van der Waals surface area contributed by atoms with Crippen molar-refractivity contribution in [2.45, 2.75) is 52.7 Å². The first-order valence-electron chi connectivity index (χ1n) is 9.62. The summed E-state index contributed by atoms with van der Waals surface area (Å²) < 4.78 is 5.44. The number of carbonyl (C=O) groups is 2. The Morgan fingerprint density at radius 3 is 2.52 bits per heavy atom. The van der Waals surface area contributed by atoms with Gasteiger partial charge in [-0.1, -0.05) is 23.8 Å². The number of nitrogens with zero attached hydrogens (tertiary/aromatic N) is 2. The highest BCUT2D eigenvalue weighted by Gasteiger charge is 2.52. The molecule has 27 heavy (non-hydrogen) atoms. The second kappa shape index (κ2) is 5.85. The lowest BCUT2D eigenvalue weighted by atomic mass is 9.60. The van der Waals surface area contributed by atoms with Gasteiger partial charge in [0, 0.05) is 37.7 Å². The van der Waals surface area contributed by atoms with Gasteiger partial charge in [-0.25, -0.2) is 4.79 Å². The number of rotatable bonds is 1. The van der Waals surface area contributed by atoms with Gasteiger partial charge in [0.1, 0.15) is 5.60 Å². The maximum atomic E-state index is 12.4. The molecule has 2 heterocycles. The second-order valence-electron chi connectivity index (χ2n) is 9.48. The van der Waals surface area contributed by atoms with Crippen LogP contribution in [-0.2, 0) is 11.3 Å². The summed E-state index contributed by atoms with van der Waals surface area (Å²) in [7, 11) is 1.86. The predicted octanol–water partition coefficient (Wildman–Crippen LogP) is 3.99. The summed E-state index contributed by atoms with van der Waals surface area (Å²) in [4.78, 5) is 28.1. The number of ether oxygens (including phenoxy) is 1. The van der Waals surface area contributed by atoms with Gasteiger partial charge in [-0.2, -0.15) is 0 Å². The van der Waals surface area contributed by atoms with E-state index >= 15 is 0 Å². The van der Waals surface area contributed by atoms with Crippen LogP contribution in [0, 0.1) is 12.3 Å². The summed E-state index contributed by atoms with van der Waals surface area (Å²) in [5.41, 5.74) is 5.46. The molecule has 5 heteroatoms. The van der Waals surface area contributed by atoms with Crippen LogP contribution < -0.4 is 0 Å². The summed E-state index contributed by atoms with van der Waals surface area (Å²) in [6.07, 6.45) is 4.10. The van der Waals surface area contributed by atoms with E-state index in [9.17, 15) is 9.59 Å². The number of allylic oxidation sites excluding steroid dienone is 1. The van der Waals surface area contributed by atoms with Crippen molar-refractivity contribution >= 4 is 18.1 Å². The Labute approximate surface area is 161 Å². The van der Waals surface area contributed by atoms with Crippen LogP contribution in [-0.4, -0.2) is 47.5 Å². The molecule has 0 atom stereocenters. The van der Waals surface area contributed by atoms with Gasteiger partial charge in [-0.15, -0.1) is 0 Å². The van der Waals surface area contributed by atoms with Gasteiger partial charge in [0.25, 0.3) is 5.91 Å². The van der Waals surface area contributed by atoms with Gasteiger partial charge < -0.3 is 14.5 Å². The minimum absolute atomic E-state index is 0.125. The molecule has 0 radical (unpaired) electrons. The van der Waals surface area contributed by atoms with E-state index in [1.54, 1.807) is 9.80 Å². The van der Waals surface area contributed by atoms with Crippen molar-refractivity contribution in [1.82, 2.24) is 9.80 Å². The molecule has 1 saturated carbocycles. The highest BCUT2D eigenvalue weighted by Crippen LogP contribution is 2.52. The molecule has 2 amide bonds. The molecule has 1 saturated heterocycles. The number of aryl methyl sites for hydroxylation is 1. The van der Waals surface area contributed by atoms with Crippen LogP contribution in [0.25, 0.3) is 6.08 Å². The molecule has 0 N–H and O–H groups in total. The van der Waals surface area contributed by atoms with Crippen LogP contribution in [0.3, 0.4) is 0 Å². The maximum absolute atomic E-state index is 12.4. The predicted molar refractivity (Wildman–Crippen MR) is 104 cm³/mol. The fraction of sp³-hybridized carbons (Fsp3) is 0.545. The molecule has 144 valence electrons. The first-order valence-corrected chi connectivity index (χ1v) is 9.62. The Balaban J connectivity index is 1.41. The summed E-state index contributed by atoms with van der Waals surface area (Å²) >= 11 is 0. The number of hydrogen-bond acceptors (Lipinski definition) is 3. The fourth-order valence-electron chi connectivity index (χ4n) is 4.56. The zero-order valence-electron chi connectivity index (χ0n) is 16.9. The average molecular weight is 368 g/mol. The van der Waals surface area contributed by atoms with Crippen molar-refractivity contribution in [3.8, 4) is 0 Å². The first-order chi connectivity index (χ1) is 12.6. The van der Waals surface area contributed by atoms with Gasteiger partial charge in [0.2, 0.25) is 0 Å². The highest BCUT2D eigenvalue weighted by molar-refractivity contribution is 6.00. The Kier molecular flexibility index (Phi) is 3.92. The van der Waals surface area contributed by atoms with Crippen molar-refractivity contribution in [2.75, 3.05) is 20.1 Å². The summed E-state index contributed by atoms with van der Waals surface area (Å²) in [6, 6.07) is 4.18. The van der Waals surface area contributed by atoms with Crippen molar-refractivity contribution in [3.05, 3.63) is 40.0 Å². The lowest BCUT2D eigenvalue weighted by Gasteiger charge is -2.56. The Morgan fingerprint density at radius 1 is 1.22 bits per heavy atom. The number of benzene rings is 1. The molecule has 4 rings (SSSR count). The van der Waals surface area contributed by atoms with E-state index in [0.717, 1.165) is 42.6 Å². The molecule has 3 aliphatic rings. The minimum atomic E-state index is -0.444. The molecule has 0 bridgehead atoms. The van der Waals surface area contributed by atoms with Gasteiger partial charge in [0.15, 0.2) is 0 Å². The van der Waals surface area contributed by atoms with Crippen LogP contribution in [0.4, 0.5) is 4.79 Å². The van der Waals surface area contributed by atoms with Gasteiger partial charge in [-0.05, 0) is 57.2 Å². The number of likely N-dealkylation sites (tertiary alicyclic amines) is 1. The normalized spacial score (nSPS) is 20.3. The minimum Gasteiger partial charge on any atom is -0.444 e. The van der Waals surface area contributed by atoms with E-state index < -0.39 is 5.60 Å². The third-order valence-electron chi connectivity index (χ3n) is 5.78. The van der Waals surface area contributed by atoms with Crippen LogP contribution in [0.1, 0.15) is 60.7 Å². The highest BCUT2D eigenvalue weighted by atomic mass is 16.6. The molecule has 1 aromatic carbocycles. The second-order valence-corrected chi connectivity index (χ2v) is 9.48. The molecule has 0 aromatic heterocycles. The Bertz CT molecular complexity index is 847. The molecular weight excluding hydrogens is 340 g/mol. The van der Waals surface area contributed by atoms with Crippen molar-refractivity contribution < 1.29 is 14.3 Å². The average Bonchev–Trinajstić information content (AvgIpc) is 2.77. The lowest BCUT2D eigenvalue weighted by Crippen LogP contribution is -2.62. The SMILES string of the molecule is Cc1ccc(C=C2CC3(C2)CN(C(=O)OC(C)(C)C)C3)c2c1C(=O)N(C)C2. The molecule has 2 fully saturated rings. The van der Waals surface area contributed by atoms with Crippen LogP contribution in [0.5, 0.6) is 0 Å². The van der Waals surface area contributed by atoms with E-state index in [0.29, 0.717) is 6.54 Å². The van der Waals surface area contributed by atoms with E-state index in [-0.39, 0.29) is 17.4 Å². The molecule has 1 spiro atoms. The maximum Gasteiger partial charge on any atom is 0.410 e. The van der Waals surface area contributed by atoms with Crippen molar-refractivity contribution in [3.63, 3.8) is 0 Å². The molecule has 1 aliphatic carbocycles. The third-order valence-corrected chi connectivity index (χ3v) is 5.78. The summed E-state index contributed by atoms with van der Waals surface area (Å²) in [6.45, 7) is 9.95.